The van der Waals surface area contributed by atoms with Crippen molar-refractivity contribution in [3.8, 4) is 0 Å². The van der Waals surface area contributed by atoms with Crippen molar-refractivity contribution in [3.05, 3.63) is 36.4 Å². The monoisotopic (exact) mass is 341 g/mol. The molecule has 134 valence electrons. The summed E-state index contributed by atoms with van der Waals surface area (Å²) in [6.45, 7) is 8.15. The quantitative estimate of drug-likeness (QED) is 0.834. The molecule has 0 saturated carbocycles. The van der Waals surface area contributed by atoms with E-state index in [-0.39, 0.29) is 6.09 Å². The molecule has 0 radical (unpaired) electrons. The van der Waals surface area contributed by atoms with Crippen LogP contribution in [0.1, 0.15) is 27.2 Å². The zero-order valence-corrected chi connectivity index (χ0v) is 15.2. The maximum atomic E-state index is 11.8. The van der Waals surface area contributed by atoms with E-state index in [4.69, 9.17) is 10.5 Å². The highest BCUT2D eigenvalue weighted by Crippen LogP contribution is 2.33. The van der Waals surface area contributed by atoms with Crippen LogP contribution in [0.15, 0.2) is 36.4 Å². The molecule has 5 nitrogen and oxygen atoms in total. The maximum absolute atomic E-state index is 11.8. The molecule has 5 heteroatoms. The smallest absolute Gasteiger partial charge is 0.407 e. The van der Waals surface area contributed by atoms with Gasteiger partial charge in [-0.1, -0.05) is 24.3 Å². The SMILES string of the molecule is CC(C)(C)OC(=O)NCC1CCN(c2ccc(N)c3ccccc23)C1. The van der Waals surface area contributed by atoms with Crippen LogP contribution in [0.3, 0.4) is 0 Å². The number of rotatable bonds is 3. The lowest BCUT2D eigenvalue weighted by Crippen LogP contribution is -2.36. The molecule has 25 heavy (non-hydrogen) atoms. The molecule has 1 unspecified atom stereocenters. The van der Waals surface area contributed by atoms with Gasteiger partial charge in [-0.25, -0.2) is 4.79 Å². The number of hydrogen-bond acceptors (Lipinski definition) is 4. The minimum absolute atomic E-state index is 0.344. The largest absolute Gasteiger partial charge is 0.444 e. The third-order valence-electron chi connectivity index (χ3n) is 4.50. The van der Waals surface area contributed by atoms with Crippen LogP contribution in [0.2, 0.25) is 0 Å². The van der Waals surface area contributed by atoms with Crippen LogP contribution in [0.25, 0.3) is 10.8 Å². The standard InChI is InChI=1S/C20H27N3O2/c1-20(2,3)25-19(24)22-12-14-10-11-23(13-14)18-9-8-17(21)15-6-4-5-7-16(15)18/h4-9,14H,10-13,21H2,1-3H3,(H,22,24). The molecule has 1 saturated heterocycles. The molecule has 1 atom stereocenters. The first-order valence-electron chi connectivity index (χ1n) is 8.82. The van der Waals surface area contributed by atoms with Gasteiger partial charge in [-0.05, 0) is 45.2 Å². The Morgan fingerprint density at radius 1 is 1.24 bits per heavy atom. The van der Waals surface area contributed by atoms with Crippen LogP contribution in [-0.4, -0.2) is 31.3 Å². The second-order valence-corrected chi connectivity index (χ2v) is 7.70. The Labute approximate surface area is 149 Å². The van der Waals surface area contributed by atoms with E-state index in [2.05, 4.69) is 28.4 Å². The predicted octanol–water partition coefficient (Wildman–Crippen LogP) is 3.77. The fourth-order valence-electron chi connectivity index (χ4n) is 3.34. The van der Waals surface area contributed by atoms with E-state index in [0.29, 0.717) is 12.5 Å². The van der Waals surface area contributed by atoms with Gasteiger partial charge in [0.1, 0.15) is 5.60 Å². The van der Waals surface area contributed by atoms with E-state index in [1.807, 2.05) is 39.0 Å². The molecule has 3 rings (SSSR count). The fraction of sp³-hybridized carbons (Fsp3) is 0.450. The number of benzene rings is 2. The Morgan fingerprint density at radius 2 is 1.96 bits per heavy atom. The molecular weight excluding hydrogens is 314 g/mol. The summed E-state index contributed by atoms with van der Waals surface area (Å²) >= 11 is 0. The average molecular weight is 341 g/mol. The summed E-state index contributed by atoms with van der Waals surface area (Å²) in [6.07, 6.45) is 0.706. The summed E-state index contributed by atoms with van der Waals surface area (Å²) in [4.78, 5) is 14.2. The highest BCUT2D eigenvalue weighted by Gasteiger charge is 2.25. The number of ether oxygens (including phenoxy) is 1. The number of nitrogens with two attached hydrogens (primary N) is 1. The fourth-order valence-corrected chi connectivity index (χ4v) is 3.34. The summed E-state index contributed by atoms with van der Waals surface area (Å²) in [7, 11) is 0. The van der Waals surface area contributed by atoms with Gasteiger partial charge in [0.2, 0.25) is 0 Å². The van der Waals surface area contributed by atoms with Gasteiger partial charge in [-0.2, -0.15) is 0 Å². The van der Waals surface area contributed by atoms with E-state index in [9.17, 15) is 4.79 Å². The van der Waals surface area contributed by atoms with Gasteiger partial charge in [0.05, 0.1) is 0 Å². The number of anilines is 2. The molecule has 1 heterocycles. The molecule has 2 aromatic rings. The summed E-state index contributed by atoms with van der Waals surface area (Å²) in [5.74, 6) is 0.420. The highest BCUT2D eigenvalue weighted by molar-refractivity contribution is 6.01. The molecule has 0 spiro atoms. The second-order valence-electron chi connectivity index (χ2n) is 7.70. The first-order valence-corrected chi connectivity index (χ1v) is 8.82. The van der Waals surface area contributed by atoms with Gasteiger partial charge in [0.25, 0.3) is 0 Å². The zero-order valence-electron chi connectivity index (χ0n) is 15.2. The molecular formula is C20H27N3O2. The normalized spacial score (nSPS) is 17.7. The molecule has 1 aliphatic heterocycles. The first kappa shape index (κ1) is 17.4. The van der Waals surface area contributed by atoms with E-state index in [1.165, 1.54) is 11.1 Å². The van der Waals surface area contributed by atoms with Crippen LogP contribution < -0.4 is 16.0 Å². The summed E-state index contributed by atoms with van der Waals surface area (Å²) in [5.41, 5.74) is 7.66. The minimum Gasteiger partial charge on any atom is -0.444 e. The van der Waals surface area contributed by atoms with Crippen molar-refractivity contribution >= 4 is 28.2 Å². The van der Waals surface area contributed by atoms with Gasteiger partial charge in [-0.15, -0.1) is 0 Å². The van der Waals surface area contributed by atoms with Gasteiger partial charge in [-0.3, -0.25) is 0 Å². The number of fused-ring (bicyclic) bond motifs is 1. The Bertz CT molecular complexity index is 767. The van der Waals surface area contributed by atoms with Crippen LogP contribution in [-0.2, 0) is 4.74 Å². The van der Waals surface area contributed by atoms with E-state index in [0.717, 1.165) is 30.6 Å². The second kappa shape index (κ2) is 6.82. The minimum atomic E-state index is -0.464. The van der Waals surface area contributed by atoms with Crippen molar-refractivity contribution in [2.75, 3.05) is 30.3 Å². The molecule has 2 aromatic carbocycles. The molecule has 0 bridgehead atoms. The Balaban J connectivity index is 1.64. The number of alkyl carbamates (subject to hydrolysis) is 1. The topological polar surface area (TPSA) is 67.6 Å². The number of nitrogens with one attached hydrogen (secondary N) is 1. The Hall–Kier alpha value is -2.43. The zero-order chi connectivity index (χ0) is 18.0. The van der Waals surface area contributed by atoms with Gasteiger partial charge in [0, 0.05) is 41.8 Å². The lowest BCUT2D eigenvalue weighted by atomic mass is 10.1. The van der Waals surface area contributed by atoms with Gasteiger partial charge in [0.15, 0.2) is 0 Å². The van der Waals surface area contributed by atoms with Crippen LogP contribution in [0, 0.1) is 5.92 Å². The van der Waals surface area contributed by atoms with Crippen molar-refractivity contribution in [3.63, 3.8) is 0 Å². The van der Waals surface area contributed by atoms with E-state index < -0.39 is 5.60 Å². The highest BCUT2D eigenvalue weighted by atomic mass is 16.6. The number of nitrogen functional groups attached to an aromatic ring is 1. The van der Waals surface area contributed by atoms with Crippen LogP contribution in [0.5, 0.6) is 0 Å². The van der Waals surface area contributed by atoms with E-state index >= 15 is 0 Å². The van der Waals surface area contributed by atoms with Gasteiger partial charge >= 0.3 is 6.09 Å². The molecule has 1 aliphatic rings. The Kier molecular flexibility index (Phi) is 4.75. The first-order chi connectivity index (χ1) is 11.8. The van der Waals surface area contributed by atoms with Gasteiger partial charge < -0.3 is 20.7 Å². The lowest BCUT2D eigenvalue weighted by molar-refractivity contribution is 0.0520. The number of amides is 1. The third kappa shape index (κ3) is 4.16. The van der Waals surface area contributed by atoms with E-state index in [1.54, 1.807) is 0 Å². The number of carbonyl (C=O) groups excluding carboxylic acids is 1. The average Bonchev–Trinajstić information content (AvgIpc) is 3.01. The van der Waals surface area contributed by atoms with Crippen molar-refractivity contribution in [1.29, 1.82) is 0 Å². The molecule has 1 amide bonds. The predicted molar refractivity (Wildman–Crippen MR) is 103 cm³/mol. The summed E-state index contributed by atoms with van der Waals surface area (Å²) < 4.78 is 5.30. The maximum Gasteiger partial charge on any atom is 0.407 e. The van der Waals surface area contributed by atoms with Crippen molar-refractivity contribution < 1.29 is 9.53 Å². The van der Waals surface area contributed by atoms with Crippen LogP contribution >= 0.6 is 0 Å². The number of hydrogen-bond donors (Lipinski definition) is 2. The molecule has 1 fully saturated rings. The number of nitrogens with zero attached hydrogens (tertiary/aromatic N) is 1. The lowest BCUT2D eigenvalue weighted by Gasteiger charge is -2.22. The van der Waals surface area contributed by atoms with Crippen molar-refractivity contribution in [2.24, 2.45) is 5.92 Å². The number of carbonyl (C=O) groups is 1. The molecule has 3 N–H and O–H groups in total. The molecule has 0 aliphatic carbocycles. The molecule has 0 aromatic heterocycles. The summed E-state index contributed by atoms with van der Waals surface area (Å²) in [5, 5.41) is 5.17. The van der Waals surface area contributed by atoms with Crippen molar-refractivity contribution in [2.45, 2.75) is 32.8 Å². The van der Waals surface area contributed by atoms with Crippen molar-refractivity contribution in [1.82, 2.24) is 5.32 Å². The summed E-state index contributed by atoms with van der Waals surface area (Å²) in [6, 6.07) is 12.3. The van der Waals surface area contributed by atoms with Crippen LogP contribution in [0.4, 0.5) is 16.2 Å². The Morgan fingerprint density at radius 3 is 2.68 bits per heavy atom. The third-order valence-corrected chi connectivity index (χ3v) is 4.50.